The van der Waals surface area contributed by atoms with Crippen LogP contribution in [0.25, 0.3) is 0 Å². The predicted octanol–water partition coefficient (Wildman–Crippen LogP) is 1.57. The molecule has 0 aromatic heterocycles. The summed E-state index contributed by atoms with van der Waals surface area (Å²) in [4.78, 5) is 10.3. The molecule has 88 valence electrons. The quantitative estimate of drug-likeness (QED) is 0.801. The monoisotopic (exact) mass is 227 g/mol. The topological polar surface area (TPSA) is 58.6 Å². The SMILES string of the molecule is COc1ccc(C(C)NCC(=O)O)cc1F. The van der Waals surface area contributed by atoms with Crippen molar-refractivity contribution in [1.82, 2.24) is 5.32 Å². The summed E-state index contributed by atoms with van der Waals surface area (Å²) in [6.07, 6.45) is 0. The second-order valence-electron chi connectivity index (χ2n) is 3.39. The molecule has 1 unspecified atom stereocenters. The van der Waals surface area contributed by atoms with E-state index in [9.17, 15) is 9.18 Å². The van der Waals surface area contributed by atoms with E-state index in [4.69, 9.17) is 9.84 Å². The van der Waals surface area contributed by atoms with Gasteiger partial charge in [-0.3, -0.25) is 4.79 Å². The van der Waals surface area contributed by atoms with Crippen molar-refractivity contribution in [3.05, 3.63) is 29.6 Å². The van der Waals surface area contributed by atoms with Gasteiger partial charge in [-0.05, 0) is 24.6 Å². The molecule has 0 aliphatic rings. The number of ether oxygens (including phenoxy) is 1. The number of methoxy groups -OCH3 is 1. The molecule has 1 aromatic rings. The van der Waals surface area contributed by atoms with E-state index in [2.05, 4.69) is 5.32 Å². The molecule has 1 atom stereocenters. The van der Waals surface area contributed by atoms with Gasteiger partial charge in [-0.1, -0.05) is 6.07 Å². The third-order valence-electron chi connectivity index (χ3n) is 2.24. The summed E-state index contributed by atoms with van der Waals surface area (Å²) in [5.74, 6) is -1.22. The number of carbonyl (C=O) groups is 1. The molecule has 2 N–H and O–H groups in total. The first-order chi connectivity index (χ1) is 7.54. The van der Waals surface area contributed by atoms with Gasteiger partial charge >= 0.3 is 5.97 Å². The van der Waals surface area contributed by atoms with Crippen molar-refractivity contribution in [3.63, 3.8) is 0 Å². The normalized spacial score (nSPS) is 12.2. The van der Waals surface area contributed by atoms with Crippen LogP contribution in [0.1, 0.15) is 18.5 Å². The van der Waals surface area contributed by atoms with Crippen LogP contribution in [0.2, 0.25) is 0 Å². The lowest BCUT2D eigenvalue weighted by molar-refractivity contribution is -0.136. The number of halogens is 1. The Morgan fingerprint density at radius 1 is 1.62 bits per heavy atom. The number of rotatable bonds is 5. The first kappa shape index (κ1) is 12.4. The molecule has 0 saturated heterocycles. The molecule has 0 radical (unpaired) electrons. The average Bonchev–Trinajstić information content (AvgIpc) is 2.25. The van der Waals surface area contributed by atoms with Crippen LogP contribution >= 0.6 is 0 Å². The minimum Gasteiger partial charge on any atom is -0.494 e. The first-order valence-corrected chi connectivity index (χ1v) is 4.83. The summed E-state index contributed by atoms with van der Waals surface area (Å²) in [6.45, 7) is 1.61. The Labute approximate surface area is 93.0 Å². The molecule has 1 aromatic carbocycles. The molecular formula is C11H14FNO3. The molecule has 0 saturated carbocycles. The van der Waals surface area contributed by atoms with E-state index in [0.29, 0.717) is 5.56 Å². The lowest BCUT2D eigenvalue weighted by Gasteiger charge is -2.13. The Morgan fingerprint density at radius 2 is 2.31 bits per heavy atom. The molecule has 0 bridgehead atoms. The predicted molar refractivity (Wildman–Crippen MR) is 57.0 cm³/mol. The molecule has 0 fully saturated rings. The summed E-state index contributed by atoms with van der Waals surface area (Å²) in [7, 11) is 1.39. The fourth-order valence-electron chi connectivity index (χ4n) is 1.31. The van der Waals surface area contributed by atoms with Gasteiger partial charge in [-0.15, -0.1) is 0 Å². The number of carboxylic acids is 1. The van der Waals surface area contributed by atoms with Gasteiger partial charge in [0.25, 0.3) is 0 Å². The minimum atomic E-state index is -0.944. The average molecular weight is 227 g/mol. The molecular weight excluding hydrogens is 213 g/mol. The van der Waals surface area contributed by atoms with Crippen LogP contribution in [0.15, 0.2) is 18.2 Å². The van der Waals surface area contributed by atoms with E-state index in [-0.39, 0.29) is 18.3 Å². The number of aliphatic carboxylic acids is 1. The Bertz CT molecular complexity index is 381. The maximum absolute atomic E-state index is 13.3. The van der Waals surface area contributed by atoms with E-state index in [1.807, 2.05) is 0 Å². The van der Waals surface area contributed by atoms with Gasteiger partial charge in [0.15, 0.2) is 11.6 Å². The van der Waals surface area contributed by atoms with Crippen LogP contribution in [-0.4, -0.2) is 24.7 Å². The van der Waals surface area contributed by atoms with Gasteiger partial charge in [-0.25, -0.2) is 4.39 Å². The highest BCUT2D eigenvalue weighted by atomic mass is 19.1. The van der Waals surface area contributed by atoms with Crippen molar-refractivity contribution in [3.8, 4) is 5.75 Å². The molecule has 16 heavy (non-hydrogen) atoms. The smallest absolute Gasteiger partial charge is 0.317 e. The molecule has 1 rings (SSSR count). The summed E-state index contributed by atoms with van der Waals surface area (Å²) in [5.41, 5.74) is 0.680. The standard InChI is InChI=1S/C11H14FNO3/c1-7(13-6-11(14)15)8-3-4-10(16-2)9(12)5-8/h3-5,7,13H,6H2,1-2H3,(H,14,15). The van der Waals surface area contributed by atoms with Crippen molar-refractivity contribution in [2.24, 2.45) is 0 Å². The zero-order valence-electron chi connectivity index (χ0n) is 9.16. The second-order valence-corrected chi connectivity index (χ2v) is 3.39. The summed E-state index contributed by atoms with van der Waals surface area (Å²) < 4.78 is 18.1. The number of benzene rings is 1. The lowest BCUT2D eigenvalue weighted by atomic mass is 10.1. The maximum Gasteiger partial charge on any atom is 0.317 e. The second kappa shape index (κ2) is 5.46. The zero-order chi connectivity index (χ0) is 12.1. The Hall–Kier alpha value is -1.62. The Balaban J connectivity index is 2.72. The number of hydrogen-bond acceptors (Lipinski definition) is 3. The van der Waals surface area contributed by atoms with E-state index in [1.54, 1.807) is 13.0 Å². The number of hydrogen-bond donors (Lipinski definition) is 2. The zero-order valence-corrected chi connectivity index (χ0v) is 9.16. The molecule has 0 amide bonds. The lowest BCUT2D eigenvalue weighted by Crippen LogP contribution is -2.25. The van der Waals surface area contributed by atoms with Crippen LogP contribution in [0, 0.1) is 5.82 Å². The number of nitrogens with one attached hydrogen (secondary N) is 1. The van der Waals surface area contributed by atoms with Gasteiger partial charge in [0.05, 0.1) is 13.7 Å². The highest BCUT2D eigenvalue weighted by Gasteiger charge is 2.10. The minimum absolute atomic E-state index is 0.158. The van der Waals surface area contributed by atoms with Crippen molar-refractivity contribution in [2.45, 2.75) is 13.0 Å². The van der Waals surface area contributed by atoms with Gasteiger partial charge in [0.2, 0.25) is 0 Å². The van der Waals surface area contributed by atoms with Crippen molar-refractivity contribution >= 4 is 5.97 Å². The largest absolute Gasteiger partial charge is 0.494 e. The molecule has 0 aliphatic heterocycles. The Morgan fingerprint density at radius 3 is 2.81 bits per heavy atom. The van der Waals surface area contributed by atoms with Gasteiger partial charge in [-0.2, -0.15) is 0 Å². The van der Waals surface area contributed by atoms with Crippen molar-refractivity contribution in [2.75, 3.05) is 13.7 Å². The summed E-state index contributed by atoms with van der Waals surface area (Å²) in [5, 5.41) is 11.2. The highest BCUT2D eigenvalue weighted by molar-refractivity contribution is 5.69. The van der Waals surface area contributed by atoms with Crippen molar-refractivity contribution in [1.29, 1.82) is 0 Å². The third kappa shape index (κ3) is 3.20. The van der Waals surface area contributed by atoms with E-state index in [1.165, 1.54) is 19.2 Å². The van der Waals surface area contributed by atoms with Gasteiger partial charge in [0, 0.05) is 6.04 Å². The van der Waals surface area contributed by atoms with Crippen LogP contribution in [0.5, 0.6) is 5.75 Å². The molecule has 0 spiro atoms. The fourth-order valence-corrected chi connectivity index (χ4v) is 1.31. The Kier molecular flexibility index (Phi) is 4.25. The van der Waals surface area contributed by atoms with E-state index >= 15 is 0 Å². The summed E-state index contributed by atoms with van der Waals surface area (Å²) >= 11 is 0. The fraction of sp³-hybridized carbons (Fsp3) is 0.364. The van der Waals surface area contributed by atoms with Crippen LogP contribution in [-0.2, 0) is 4.79 Å². The third-order valence-corrected chi connectivity index (χ3v) is 2.24. The summed E-state index contributed by atoms with van der Waals surface area (Å²) in [6, 6.07) is 4.32. The number of carboxylic acid groups (broad SMARTS) is 1. The van der Waals surface area contributed by atoms with Crippen LogP contribution in [0.4, 0.5) is 4.39 Å². The molecule has 5 heteroatoms. The van der Waals surface area contributed by atoms with Crippen molar-refractivity contribution < 1.29 is 19.0 Å². The molecule has 4 nitrogen and oxygen atoms in total. The van der Waals surface area contributed by atoms with E-state index in [0.717, 1.165) is 0 Å². The molecule has 0 heterocycles. The van der Waals surface area contributed by atoms with Gasteiger partial charge in [0.1, 0.15) is 0 Å². The first-order valence-electron chi connectivity index (χ1n) is 4.83. The molecule has 0 aliphatic carbocycles. The van der Waals surface area contributed by atoms with E-state index < -0.39 is 11.8 Å². The highest BCUT2D eigenvalue weighted by Crippen LogP contribution is 2.21. The maximum atomic E-state index is 13.3. The van der Waals surface area contributed by atoms with Crippen LogP contribution in [0.3, 0.4) is 0 Å². The van der Waals surface area contributed by atoms with Gasteiger partial charge < -0.3 is 15.2 Å². The van der Waals surface area contributed by atoms with Crippen LogP contribution < -0.4 is 10.1 Å².